The van der Waals surface area contributed by atoms with Crippen molar-refractivity contribution in [2.24, 2.45) is 0 Å². The first-order valence-corrected chi connectivity index (χ1v) is 4.41. The Morgan fingerprint density at radius 3 is 2.43 bits per heavy atom. The number of aryl methyl sites for hydroxylation is 1. The van der Waals surface area contributed by atoms with Gasteiger partial charge in [0.15, 0.2) is 0 Å². The summed E-state index contributed by atoms with van der Waals surface area (Å²) in [5.41, 5.74) is 6.44. The molecule has 1 rings (SSSR count). The predicted molar refractivity (Wildman–Crippen MR) is 50.0 cm³/mol. The van der Waals surface area contributed by atoms with Crippen LogP contribution in [0, 0.1) is 6.92 Å². The number of rotatable bonds is 1. The van der Waals surface area contributed by atoms with Gasteiger partial charge in [-0.15, -0.1) is 13.2 Å². The molecule has 0 unspecified atom stereocenters. The Bertz CT molecular complexity index is 351. The fourth-order valence-electron chi connectivity index (χ4n) is 0.873. The maximum atomic E-state index is 11.9. The van der Waals surface area contributed by atoms with Gasteiger partial charge in [0.1, 0.15) is 5.75 Å². The maximum absolute atomic E-state index is 11.9. The molecule has 0 saturated heterocycles. The third-order valence-corrected chi connectivity index (χ3v) is 2.41. The van der Waals surface area contributed by atoms with Crippen LogP contribution in [-0.4, -0.2) is 6.36 Å². The van der Waals surface area contributed by atoms with Crippen molar-refractivity contribution in [2.45, 2.75) is 13.3 Å². The zero-order chi connectivity index (χ0) is 10.9. The zero-order valence-electron chi connectivity index (χ0n) is 7.15. The van der Waals surface area contributed by atoms with Crippen molar-refractivity contribution in [3.05, 3.63) is 22.2 Å². The topological polar surface area (TPSA) is 35.2 Å². The molecule has 14 heavy (non-hydrogen) atoms. The van der Waals surface area contributed by atoms with E-state index >= 15 is 0 Å². The molecule has 0 amide bonds. The van der Waals surface area contributed by atoms with Crippen molar-refractivity contribution >= 4 is 21.6 Å². The number of alkyl halides is 3. The Balaban J connectivity index is 3.06. The van der Waals surface area contributed by atoms with Crippen LogP contribution in [0.2, 0.25) is 0 Å². The van der Waals surface area contributed by atoms with Crippen LogP contribution >= 0.6 is 15.9 Å². The van der Waals surface area contributed by atoms with Gasteiger partial charge in [-0.25, -0.2) is 0 Å². The largest absolute Gasteiger partial charge is 0.573 e. The van der Waals surface area contributed by atoms with Crippen LogP contribution in [0.1, 0.15) is 5.56 Å². The number of hydrogen-bond acceptors (Lipinski definition) is 2. The first-order chi connectivity index (χ1) is 6.31. The quantitative estimate of drug-likeness (QED) is 0.795. The molecule has 2 nitrogen and oxygen atoms in total. The van der Waals surface area contributed by atoms with Gasteiger partial charge in [0, 0.05) is 0 Å². The Morgan fingerprint density at radius 1 is 1.36 bits per heavy atom. The van der Waals surface area contributed by atoms with Gasteiger partial charge in [-0.05, 0) is 34.5 Å². The van der Waals surface area contributed by atoms with E-state index in [0.29, 0.717) is 5.56 Å². The molecule has 1 aromatic carbocycles. The molecule has 1 aromatic rings. The first-order valence-electron chi connectivity index (χ1n) is 3.61. The van der Waals surface area contributed by atoms with Gasteiger partial charge in [0.2, 0.25) is 0 Å². The lowest BCUT2D eigenvalue weighted by Gasteiger charge is -2.12. The van der Waals surface area contributed by atoms with Gasteiger partial charge < -0.3 is 10.5 Å². The van der Waals surface area contributed by atoms with E-state index in [1.807, 2.05) is 0 Å². The molecule has 0 aliphatic carbocycles. The lowest BCUT2D eigenvalue weighted by atomic mass is 10.2. The average Bonchev–Trinajstić information content (AvgIpc) is 2.04. The Hall–Kier alpha value is -0.910. The third-order valence-electron chi connectivity index (χ3n) is 1.59. The summed E-state index contributed by atoms with van der Waals surface area (Å²) in [6, 6.07) is 2.67. The minimum Gasteiger partial charge on any atom is -0.405 e. The van der Waals surface area contributed by atoms with E-state index < -0.39 is 6.36 Å². The number of halogens is 4. The maximum Gasteiger partial charge on any atom is 0.573 e. The second-order valence-electron chi connectivity index (χ2n) is 2.66. The molecule has 0 radical (unpaired) electrons. The molecule has 0 bridgehead atoms. The second-order valence-corrected chi connectivity index (χ2v) is 3.45. The van der Waals surface area contributed by atoms with Crippen LogP contribution in [0.3, 0.4) is 0 Å². The summed E-state index contributed by atoms with van der Waals surface area (Å²) in [7, 11) is 0. The number of anilines is 1. The van der Waals surface area contributed by atoms with Gasteiger partial charge in [-0.2, -0.15) is 0 Å². The van der Waals surface area contributed by atoms with E-state index in [9.17, 15) is 13.2 Å². The molecular formula is C8H7BrF3NO. The SMILES string of the molecule is Cc1ccc(OC(F)(F)F)c(Br)c1N. The highest BCUT2D eigenvalue weighted by Crippen LogP contribution is 2.35. The Labute approximate surface area is 87.0 Å². The molecule has 0 spiro atoms. The van der Waals surface area contributed by atoms with E-state index in [1.165, 1.54) is 12.1 Å². The van der Waals surface area contributed by atoms with Gasteiger partial charge in [0.05, 0.1) is 10.2 Å². The molecule has 0 fully saturated rings. The van der Waals surface area contributed by atoms with Crippen molar-refractivity contribution < 1.29 is 17.9 Å². The highest BCUT2D eigenvalue weighted by atomic mass is 79.9. The molecule has 0 heterocycles. The van der Waals surface area contributed by atoms with Gasteiger partial charge in [-0.1, -0.05) is 6.07 Å². The summed E-state index contributed by atoms with van der Waals surface area (Å²) >= 11 is 2.93. The van der Waals surface area contributed by atoms with Crippen LogP contribution in [0.15, 0.2) is 16.6 Å². The highest BCUT2D eigenvalue weighted by Gasteiger charge is 2.32. The van der Waals surface area contributed by atoms with Crippen LogP contribution in [0.25, 0.3) is 0 Å². The van der Waals surface area contributed by atoms with Crippen LogP contribution in [0.4, 0.5) is 18.9 Å². The van der Waals surface area contributed by atoms with Crippen molar-refractivity contribution in [3.63, 3.8) is 0 Å². The Kier molecular flexibility index (Phi) is 2.94. The number of nitrogen functional groups attached to an aromatic ring is 1. The zero-order valence-corrected chi connectivity index (χ0v) is 8.74. The molecule has 0 aliphatic heterocycles. The molecule has 0 saturated carbocycles. The molecule has 0 aromatic heterocycles. The summed E-state index contributed by atoms with van der Waals surface area (Å²) < 4.78 is 39.5. The van der Waals surface area contributed by atoms with E-state index in [4.69, 9.17) is 5.73 Å². The summed E-state index contributed by atoms with van der Waals surface area (Å²) in [6.07, 6.45) is -4.70. The minimum absolute atomic E-state index is 0.120. The fraction of sp³-hybridized carbons (Fsp3) is 0.250. The molecule has 0 atom stereocenters. The van der Waals surface area contributed by atoms with Gasteiger partial charge in [0.25, 0.3) is 0 Å². The molecule has 0 aliphatic rings. The van der Waals surface area contributed by atoms with E-state index in [2.05, 4.69) is 20.7 Å². The van der Waals surface area contributed by atoms with E-state index in [1.54, 1.807) is 6.92 Å². The first kappa shape index (κ1) is 11.2. The van der Waals surface area contributed by atoms with Crippen molar-refractivity contribution in [3.8, 4) is 5.75 Å². The molecule has 2 N–H and O–H groups in total. The molecule has 78 valence electrons. The van der Waals surface area contributed by atoms with Crippen molar-refractivity contribution in [1.82, 2.24) is 0 Å². The standard InChI is InChI=1S/C8H7BrF3NO/c1-4-2-3-5(6(9)7(4)13)14-8(10,11)12/h2-3H,13H2,1H3. The van der Waals surface area contributed by atoms with E-state index in [-0.39, 0.29) is 15.9 Å². The lowest BCUT2D eigenvalue weighted by Crippen LogP contribution is -2.17. The summed E-state index contributed by atoms with van der Waals surface area (Å²) in [5, 5.41) is 0. The number of hydrogen-bond donors (Lipinski definition) is 1. The Morgan fingerprint density at radius 2 is 1.93 bits per heavy atom. The van der Waals surface area contributed by atoms with Crippen LogP contribution in [-0.2, 0) is 0 Å². The van der Waals surface area contributed by atoms with E-state index in [0.717, 1.165) is 0 Å². The monoisotopic (exact) mass is 269 g/mol. The summed E-state index contributed by atoms with van der Waals surface area (Å²) in [5.74, 6) is -0.333. The van der Waals surface area contributed by atoms with Gasteiger partial charge in [-0.3, -0.25) is 0 Å². The average molecular weight is 270 g/mol. The molecular weight excluding hydrogens is 263 g/mol. The third kappa shape index (κ3) is 2.54. The van der Waals surface area contributed by atoms with Crippen molar-refractivity contribution in [2.75, 3.05) is 5.73 Å². The number of nitrogens with two attached hydrogens (primary N) is 1. The second kappa shape index (κ2) is 3.68. The smallest absolute Gasteiger partial charge is 0.405 e. The normalized spacial score (nSPS) is 11.5. The lowest BCUT2D eigenvalue weighted by molar-refractivity contribution is -0.274. The van der Waals surface area contributed by atoms with Gasteiger partial charge >= 0.3 is 6.36 Å². The number of ether oxygens (including phenoxy) is 1. The predicted octanol–water partition coefficient (Wildman–Crippen LogP) is 3.24. The summed E-state index contributed by atoms with van der Waals surface area (Å²) in [6.45, 7) is 1.69. The van der Waals surface area contributed by atoms with Crippen LogP contribution in [0.5, 0.6) is 5.75 Å². The fourth-order valence-corrected chi connectivity index (χ4v) is 1.40. The molecule has 6 heteroatoms. The van der Waals surface area contributed by atoms with Crippen LogP contribution < -0.4 is 10.5 Å². The summed E-state index contributed by atoms with van der Waals surface area (Å²) in [4.78, 5) is 0. The number of benzene rings is 1. The van der Waals surface area contributed by atoms with Crippen molar-refractivity contribution in [1.29, 1.82) is 0 Å². The minimum atomic E-state index is -4.70. The highest BCUT2D eigenvalue weighted by molar-refractivity contribution is 9.10.